The van der Waals surface area contributed by atoms with E-state index < -0.39 is 0 Å². The number of hydrogen-bond donors (Lipinski definition) is 2. The second-order valence-electron chi connectivity index (χ2n) is 3.41. The van der Waals surface area contributed by atoms with Crippen molar-refractivity contribution in [2.45, 2.75) is 20.8 Å². The molecule has 0 saturated heterocycles. The van der Waals surface area contributed by atoms with Crippen molar-refractivity contribution in [1.29, 1.82) is 5.41 Å². The summed E-state index contributed by atoms with van der Waals surface area (Å²) in [7, 11) is 0. The van der Waals surface area contributed by atoms with Crippen LogP contribution >= 0.6 is 0 Å². The molecule has 0 amide bonds. The number of nitrogens with zero attached hydrogens (tertiary/aromatic N) is 2. The van der Waals surface area contributed by atoms with Gasteiger partial charge in [0, 0.05) is 18.8 Å². The van der Waals surface area contributed by atoms with E-state index in [1.165, 1.54) is 0 Å². The number of nitrogens with one attached hydrogen (secondary N) is 1. The molecule has 0 bridgehead atoms. The van der Waals surface area contributed by atoms with Crippen LogP contribution in [0.5, 0.6) is 0 Å². The van der Waals surface area contributed by atoms with E-state index in [-0.39, 0.29) is 5.84 Å². The van der Waals surface area contributed by atoms with Crippen LogP contribution in [-0.2, 0) is 0 Å². The molecule has 0 fully saturated rings. The van der Waals surface area contributed by atoms with E-state index in [1.54, 1.807) is 0 Å². The molecule has 0 saturated carbocycles. The molecule has 0 spiro atoms. The summed E-state index contributed by atoms with van der Waals surface area (Å²) in [4.78, 5) is 6.54. The van der Waals surface area contributed by atoms with E-state index in [1.807, 2.05) is 19.1 Å². The molecule has 0 aliphatic rings. The molecule has 0 aliphatic carbocycles. The molecular formula is C11H18N4. The van der Waals surface area contributed by atoms with E-state index in [0.29, 0.717) is 5.56 Å². The first-order chi connectivity index (χ1) is 7.10. The number of aryl methyl sites for hydroxylation is 1. The van der Waals surface area contributed by atoms with Gasteiger partial charge in [-0.25, -0.2) is 4.98 Å². The number of nitrogen functional groups attached to an aromatic ring is 1. The third-order valence-corrected chi connectivity index (χ3v) is 2.37. The molecule has 0 atom stereocenters. The molecule has 1 aromatic heterocycles. The minimum atomic E-state index is 0.0735. The maximum absolute atomic E-state index is 7.50. The van der Waals surface area contributed by atoms with E-state index in [9.17, 15) is 0 Å². The average Bonchev–Trinajstić information content (AvgIpc) is 2.19. The summed E-state index contributed by atoms with van der Waals surface area (Å²) in [6.07, 6.45) is 0. The van der Waals surface area contributed by atoms with Gasteiger partial charge in [-0.1, -0.05) is 0 Å². The lowest BCUT2D eigenvalue weighted by Gasteiger charge is -2.22. The molecule has 3 N–H and O–H groups in total. The van der Waals surface area contributed by atoms with Gasteiger partial charge in [0.2, 0.25) is 0 Å². The smallest absolute Gasteiger partial charge is 0.139 e. The molecule has 15 heavy (non-hydrogen) atoms. The molecular weight excluding hydrogens is 188 g/mol. The molecule has 0 unspecified atom stereocenters. The lowest BCUT2D eigenvalue weighted by Crippen LogP contribution is -2.27. The van der Waals surface area contributed by atoms with Crippen molar-refractivity contribution in [2.75, 3.05) is 18.0 Å². The van der Waals surface area contributed by atoms with Crippen LogP contribution in [0.1, 0.15) is 25.1 Å². The van der Waals surface area contributed by atoms with Crippen molar-refractivity contribution in [3.05, 3.63) is 23.4 Å². The molecule has 82 valence electrons. The van der Waals surface area contributed by atoms with Crippen LogP contribution in [0.15, 0.2) is 12.1 Å². The Morgan fingerprint density at radius 1 is 1.40 bits per heavy atom. The number of pyridine rings is 1. The molecule has 4 nitrogen and oxygen atoms in total. The lowest BCUT2D eigenvalue weighted by molar-refractivity contribution is 0.840. The van der Waals surface area contributed by atoms with Gasteiger partial charge in [0.05, 0.1) is 5.56 Å². The Kier molecular flexibility index (Phi) is 3.66. The number of amidine groups is 1. The number of nitrogens with two attached hydrogens (primary N) is 1. The zero-order valence-corrected chi connectivity index (χ0v) is 9.54. The fourth-order valence-electron chi connectivity index (χ4n) is 1.52. The Hall–Kier alpha value is -1.58. The van der Waals surface area contributed by atoms with Gasteiger partial charge < -0.3 is 10.6 Å². The van der Waals surface area contributed by atoms with Crippen molar-refractivity contribution < 1.29 is 0 Å². The van der Waals surface area contributed by atoms with E-state index >= 15 is 0 Å². The number of anilines is 1. The maximum Gasteiger partial charge on any atom is 0.139 e. The van der Waals surface area contributed by atoms with Gasteiger partial charge >= 0.3 is 0 Å². The standard InChI is InChI=1S/C11H18N4/c1-4-15(5-2)11-9(10(12)13)7-6-8(3)14-11/h6-7H,4-5H2,1-3H3,(H3,12,13). The van der Waals surface area contributed by atoms with E-state index in [2.05, 4.69) is 23.7 Å². The third kappa shape index (κ3) is 2.46. The highest BCUT2D eigenvalue weighted by Gasteiger charge is 2.12. The molecule has 0 radical (unpaired) electrons. The van der Waals surface area contributed by atoms with Crippen molar-refractivity contribution in [2.24, 2.45) is 5.73 Å². The Bertz CT molecular complexity index is 356. The second kappa shape index (κ2) is 4.77. The summed E-state index contributed by atoms with van der Waals surface area (Å²) < 4.78 is 0. The van der Waals surface area contributed by atoms with E-state index in [4.69, 9.17) is 11.1 Å². The third-order valence-electron chi connectivity index (χ3n) is 2.37. The molecule has 0 aliphatic heterocycles. The highest BCUT2D eigenvalue weighted by molar-refractivity contribution is 5.99. The van der Waals surface area contributed by atoms with Gasteiger partial charge in [0.15, 0.2) is 0 Å². The number of hydrogen-bond acceptors (Lipinski definition) is 3. The van der Waals surface area contributed by atoms with Crippen LogP contribution in [0.2, 0.25) is 0 Å². The first-order valence-electron chi connectivity index (χ1n) is 5.17. The molecule has 1 rings (SSSR count). The molecule has 0 aromatic carbocycles. The fourth-order valence-corrected chi connectivity index (χ4v) is 1.52. The molecule has 1 aromatic rings. The highest BCUT2D eigenvalue weighted by atomic mass is 15.2. The normalized spacial score (nSPS) is 10.1. The van der Waals surface area contributed by atoms with Gasteiger partial charge in [-0.2, -0.15) is 0 Å². The Balaban J connectivity index is 3.22. The summed E-state index contributed by atoms with van der Waals surface area (Å²) in [5.41, 5.74) is 7.19. The fraction of sp³-hybridized carbons (Fsp3) is 0.455. The zero-order valence-electron chi connectivity index (χ0n) is 9.54. The first kappa shape index (κ1) is 11.5. The minimum absolute atomic E-state index is 0.0735. The van der Waals surface area contributed by atoms with Crippen LogP contribution in [-0.4, -0.2) is 23.9 Å². The second-order valence-corrected chi connectivity index (χ2v) is 3.41. The van der Waals surface area contributed by atoms with Crippen molar-refractivity contribution >= 4 is 11.7 Å². The van der Waals surface area contributed by atoms with Crippen LogP contribution in [0.3, 0.4) is 0 Å². The summed E-state index contributed by atoms with van der Waals surface area (Å²) in [5, 5.41) is 7.50. The van der Waals surface area contributed by atoms with Crippen LogP contribution < -0.4 is 10.6 Å². The van der Waals surface area contributed by atoms with E-state index in [0.717, 1.165) is 24.6 Å². The largest absolute Gasteiger partial charge is 0.384 e. The number of rotatable bonds is 4. The Morgan fingerprint density at radius 2 is 2.00 bits per heavy atom. The van der Waals surface area contributed by atoms with Crippen LogP contribution in [0.4, 0.5) is 5.82 Å². The summed E-state index contributed by atoms with van der Waals surface area (Å²) in [6, 6.07) is 3.74. The van der Waals surface area contributed by atoms with Gasteiger partial charge in [0.1, 0.15) is 11.7 Å². The van der Waals surface area contributed by atoms with Crippen molar-refractivity contribution in [3.8, 4) is 0 Å². The van der Waals surface area contributed by atoms with Crippen molar-refractivity contribution in [1.82, 2.24) is 4.98 Å². The number of aromatic nitrogens is 1. The zero-order chi connectivity index (χ0) is 11.4. The highest BCUT2D eigenvalue weighted by Crippen LogP contribution is 2.17. The van der Waals surface area contributed by atoms with Gasteiger partial charge in [-0.15, -0.1) is 0 Å². The average molecular weight is 206 g/mol. The summed E-state index contributed by atoms with van der Waals surface area (Å²) in [5.74, 6) is 0.886. The van der Waals surface area contributed by atoms with Gasteiger partial charge in [-0.05, 0) is 32.9 Å². The predicted molar refractivity (Wildman–Crippen MR) is 63.6 cm³/mol. The predicted octanol–water partition coefficient (Wildman–Crippen LogP) is 1.52. The quantitative estimate of drug-likeness (QED) is 0.580. The van der Waals surface area contributed by atoms with Gasteiger partial charge in [0.25, 0.3) is 0 Å². The summed E-state index contributed by atoms with van der Waals surface area (Å²) in [6.45, 7) is 7.81. The Labute approximate surface area is 90.6 Å². The van der Waals surface area contributed by atoms with Crippen LogP contribution in [0, 0.1) is 12.3 Å². The first-order valence-corrected chi connectivity index (χ1v) is 5.17. The minimum Gasteiger partial charge on any atom is -0.384 e. The Morgan fingerprint density at radius 3 is 2.47 bits per heavy atom. The van der Waals surface area contributed by atoms with Crippen LogP contribution in [0.25, 0.3) is 0 Å². The molecule has 4 heteroatoms. The van der Waals surface area contributed by atoms with Gasteiger partial charge in [-0.3, -0.25) is 5.41 Å². The van der Waals surface area contributed by atoms with Crippen molar-refractivity contribution in [3.63, 3.8) is 0 Å². The monoisotopic (exact) mass is 206 g/mol. The summed E-state index contributed by atoms with van der Waals surface area (Å²) >= 11 is 0. The maximum atomic E-state index is 7.50. The topological polar surface area (TPSA) is 66.0 Å². The molecule has 1 heterocycles. The lowest BCUT2D eigenvalue weighted by atomic mass is 10.2. The SMILES string of the molecule is CCN(CC)c1nc(C)ccc1C(=N)N.